The Morgan fingerprint density at radius 1 is 1.32 bits per heavy atom. The highest BCUT2D eigenvalue weighted by Gasteiger charge is 2.48. The normalized spacial score (nSPS) is 33.2. The van der Waals surface area contributed by atoms with Gasteiger partial charge in [0.15, 0.2) is 0 Å². The molecular weight excluding hydrogens is 258 g/mol. The van der Waals surface area contributed by atoms with Crippen molar-refractivity contribution in [1.82, 2.24) is 10.1 Å². The molecule has 2 heterocycles. The maximum Gasteiger partial charge on any atom is 0.231 e. The Labute approximate surface area is 116 Å². The summed E-state index contributed by atoms with van der Waals surface area (Å²) in [6, 6.07) is 0.204. The summed E-state index contributed by atoms with van der Waals surface area (Å²) < 4.78 is 5.51. The lowest BCUT2D eigenvalue weighted by molar-refractivity contribution is 0.279. The molecule has 2 N–H and O–H groups in total. The highest BCUT2D eigenvalue weighted by molar-refractivity contribution is 7.08. The van der Waals surface area contributed by atoms with Crippen LogP contribution in [0.15, 0.2) is 15.3 Å². The van der Waals surface area contributed by atoms with Gasteiger partial charge in [-0.2, -0.15) is 16.3 Å². The fourth-order valence-corrected chi connectivity index (χ4v) is 4.60. The van der Waals surface area contributed by atoms with Crippen LogP contribution in [0.3, 0.4) is 0 Å². The molecule has 0 amide bonds. The van der Waals surface area contributed by atoms with Crippen LogP contribution in [0, 0.1) is 18.8 Å². The van der Waals surface area contributed by atoms with Crippen LogP contribution in [-0.4, -0.2) is 16.2 Å². The lowest BCUT2D eigenvalue weighted by Gasteiger charge is -2.24. The van der Waals surface area contributed by atoms with Gasteiger partial charge in [0.2, 0.25) is 11.7 Å². The van der Waals surface area contributed by atoms with Crippen molar-refractivity contribution in [2.75, 3.05) is 0 Å². The fourth-order valence-electron chi connectivity index (χ4n) is 3.77. The number of nitrogens with zero attached hydrogens (tertiary/aromatic N) is 2. The molecule has 0 aromatic carbocycles. The molecule has 0 aliphatic heterocycles. The van der Waals surface area contributed by atoms with Gasteiger partial charge in [-0.1, -0.05) is 5.16 Å². The molecule has 100 valence electrons. The summed E-state index contributed by atoms with van der Waals surface area (Å²) in [5.74, 6) is 3.05. The average Bonchev–Trinajstić information content (AvgIpc) is 3.10. The van der Waals surface area contributed by atoms with Gasteiger partial charge in [0.05, 0.1) is 5.92 Å². The number of thiophene rings is 1. The Morgan fingerprint density at radius 3 is 2.84 bits per heavy atom. The first kappa shape index (κ1) is 11.6. The van der Waals surface area contributed by atoms with Gasteiger partial charge >= 0.3 is 0 Å². The van der Waals surface area contributed by atoms with Crippen LogP contribution in [0.5, 0.6) is 0 Å². The maximum absolute atomic E-state index is 6.33. The molecule has 2 bridgehead atoms. The van der Waals surface area contributed by atoms with Crippen LogP contribution >= 0.6 is 11.3 Å². The number of aryl methyl sites for hydroxylation is 1. The van der Waals surface area contributed by atoms with Gasteiger partial charge in [0, 0.05) is 17.0 Å². The second kappa shape index (κ2) is 4.15. The summed E-state index contributed by atoms with van der Waals surface area (Å²) in [5.41, 5.74) is 8.61. The highest BCUT2D eigenvalue weighted by atomic mass is 32.1. The summed E-state index contributed by atoms with van der Waals surface area (Å²) in [5, 5.41) is 8.33. The average molecular weight is 275 g/mol. The van der Waals surface area contributed by atoms with Crippen LogP contribution in [0.25, 0.3) is 11.4 Å². The maximum atomic E-state index is 6.33. The van der Waals surface area contributed by atoms with Gasteiger partial charge in [0.25, 0.3) is 0 Å². The van der Waals surface area contributed by atoms with Crippen molar-refractivity contribution in [1.29, 1.82) is 0 Å². The van der Waals surface area contributed by atoms with E-state index in [0.717, 1.165) is 11.5 Å². The van der Waals surface area contributed by atoms with E-state index in [0.29, 0.717) is 17.7 Å². The third-order valence-electron chi connectivity index (χ3n) is 4.80. The number of aromatic nitrogens is 2. The topological polar surface area (TPSA) is 64.9 Å². The number of rotatable bonds is 2. The van der Waals surface area contributed by atoms with E-state index in [2.05, 4.69) is 27.8 Å². The van der Waals surface area contributed by atoms with E-state index in [1.54, 1.807) is 11.3 Å². The SMILES string of the molecule is Cc1cscc1-c1noc(C2C3CCC(C3)C2N)n1. The van der Waals surface area contributed by atoms with Gasteiger partial charge < -0.3 is 10.3 Å². The molecular formula is C14H17N3OS. The minimum atomic E-state index is 0.204. The van der Waals surface area contributed by atoms with Gasteiger partial charge in [0.1, 0.15) is 0 Å². The largest absolute Gasteiger partial charge is 0.339 e. The third kappa shape index (κ3) is 1.68. The molecule has 2 aromatic rings. The van der Waals surface area contributed by atoms with Crippen molar-refractivity contribution in [3.63, 3.8) is 0 Å². The Morgan fingerprint density at radius 2 is 2.16 bits per heavy atom. The van der Waals surface area contributed by atoms with Crippen LogP contribution in [0.1, 0.15) is 36.6 Å². The lowest BCUT2D eigenvalue weighted by atomic mass is 9.85. The highest BCUT2D eigenvalue weighted by Crippen LogP contribution is 2.51. The summed E-state index contributed by atoms with van der Waals surface area (Å²) in [7, 11) is 0. The Balaban J connectivity index is 1.67. The monoisotopic (exact) mass is 275 g/mol. The number of hydrogen-bond donors (Lipinski definition) is 1. The standard InChI is InChI=1S/C14H17N3OS/c1-7-5-19-6-10(7)13-16-14(18-17-13)11-8-2-3-9(4-8)12(11)15/h5-6,8-9,11-12H,2-4,15H2,1H3. The predicted molar refractivity (Wildman–Crippen MR) is 73.9 cm³/mol. The fraction of sp³-hybridized carbons (Fsp3) is 0.571. The van der Waals surface area contributed by atoms with Crippen molar-refractivity contribution in [2.24, 2.45) is 17.6 Å². The van der Waals surface area contributed by atoms with Crippen LogP contribution in [-0.2, 0) is 0 Å². The molecule has 2 fully saturated rings. The summed E-state index contributed by atoms with van der Waals surface area (Å²) in [6.45, 7) is 2.07. The van der Waals surface area contributed by atoms with Crippen molar-refractivity contribution < 1.29 is 4.52 Å². The summed E-state index contributed by atoms with van der Waals surface area (Å²) >= 11 is 1.67. The first-order valence-electron chi connectivity index (χ1n) is 6.86. The molecule has 19 heavy (non-hydrogen) atoms. The van der Waals surface area contributed by atoms with Crippen molar-refractivity contribution in [3.8, 4) is 11.4 Å². The zero-order chi connectivity index (χ0) is 13.0. The Kier molecular flexibility index (Phi) is 2.53. The van der Waals surface area contributed by atoms with Crippen molar-refractivity contribution in [3.05, 3.63) is 22.2 Å². The molecule has 0 saturated heterocycles. The van der Waals surface area contributed by atoms with Gasteiger partial charge in [-0.05, 0) is 49.0 Å². The molecule has 2 saturated carbocycles. The van der Waals surface area contributed by atoms with Gasteiger partial charge in [-0.3, -0.25) is 0 Å². The van der Waals surface area contributed by atoms with E-state index in [1.165, 1.54) is 24.8 Å². The van der Waals surface area contributed by atoms with E-state index in [1.807, 2.05) is 0 Å². The quantitative estimate of drug-likeness (QED) is 0.915. The molecule has 0 spiro atoms. The molecule has 2 aliphatic rings. The molecule has 4 atom stereocenters. The third-order valence-corrected chi connectivity index (χ3v) is 5.67. The summed E-state index contributed by atoms with van der Waals surface area (Å²) in [6.07, 6.45) is 3.77. The zero-order valence-electron chi connectivity index (χ0n) is 10.9. The second-order valence-electron chi connectivity index (χ2n) is 5.86. The van der Waals surface area contributed by atoms with E-state index >= 15 is 0 Å². The van der Waals surface area contributed by atoms with E-state index < -0.39 is 0 Å². The predicted octanol–water partition coefficient (Wildman–Crippen LogP) is 2.95. The number of nitrogens with two attached hydrogens (primary N) is 1. The van der Waals surface area contributed by atoms with Crippen LogP contribution in [0.2, 0.25) is 0 Å². The minimum Gasteiger partial charge on any atom is -0.339 e. The molecule has 4 rings (SSSR count). The zero-order valence-corrected chi connectivity index (χ0v) is 11.7. The molecule has 5 heteroatoms. The number of hydrogen-bond acceptors (Lipinski definition) is 5. The Bertz CT molecular complexity index is 603. The van der Waals surface area contributed by atoms with E-state index in [4.69, 9.17) is 10.3 Å². The van der Waals surface area contributed by atoms with Crippen LogP contribution < -0.4 is 5.73 Å². The van der Waals surface area contributed by atoms with E-state index in [9.17, 15) is 0 Å². The van der Waals surface area contributed by atoms with Gasteiger partial charge in [-0.25, -0.2) is 0 Å². The minimum absolute atomic E-state index is 0.204. The molecule has 4 nitrogen and oxygen atoms in total. The first-order valence-corrected chi connectivity index (χ1v) is 7.80. The number of fused-ring (bicyclic) bond motifs is 2. The summed E-state index contributed by atoms with van der Waals surface area (Å²) in [4.78, 5) is 4.61. The Hall–Kier alpha value is -1.20. The second-order valence-corrected chi connectivity index (χ2v) is 6.60. The molecule has 0 radical (unpaired) electrons. The van der Waals surface area contributed by atoms with Crippen LogP contribution in [0.4, 0.5) is 0 Å². The molecule has 2 aliphatic carbocycles. The first-order chi connectivity index (χ1) is 9.24. The van der Waals surface area contributed by atoms with E-state index in [-0.39, 0.29) is 12.0 Å². The molecule has 4 unspecified atom stereocenters. The molecule has 2 aromatic heterocycles. The van der Waals surface area contributed by atoms with Gasteiger partial charge in [-0.15, -0.1) is 0 Å². The smallest absolute Gasteiger partial charge is 0.231 e. The lowest BCUT2D eigenvalue weighted by Crippen LogP contribution is -2.34. The van der Waals surface area contributed by atoms with Crippen molar-refractivity contribution >= 4 is 11.3 Å². The van der Waals surface area contributed by atoms with Crippen molar-refractivity contribution in [2.45, 2.75) is 38.1 Å².